The summed E-state index contributed by atoms with van der Waals surface area (Å²) in [6, 6.07) is 7.77. The maximum absolute atomic E-state index is 10.5. The van der Waals surface area contributed by atoms with Crippen LogP contribution in [-0.2, 0) is 10.7 Å². The topological polar surface area (TPSA) is 43.1 Å². The molecule has 0 spiro atoms. The molecule has 0 aliphatic rings. The molecule has 14 heavy (non-hydrogen) atoms. The molecule has 0 aliphatic heterocycles. The second-order valence-corrected chi connectivity index (χ2v) is 3.17. The second-order valence-electron chi connectivity index (χ2n) is 2.91. The minimum absolute atomic E-state index is 0.261. The van der Waals surface area contributed by atoms with Crippen LogP contribution < -0.4 is 5.73 Å². The number of carbonyl (C=O) groups is 1. The van der Waals surface area contributed by atoms with Crippen LogP contribution >= 0.6 is 11.6 Å². The van der Waals surface area contributed by atoms with Crippen molar-refractivity contribution < 1.29 is 4.79 Å². The lowest BCUT2D eigenvalue weighted by atomic mass is 10.1. The Kier molecular flexibility index (Phi) is 4.20. The first-order valence-corrected chi connectivity index (χ1v) is 4.86. The van der Waals surface area contributed by atoms with Gasteiger partial charge in [-0.05, 0) is 11.1 Å². The van der Waals surface area contributed by atoms with Crippen LogP contribution in [0, 0.1) is 0 Å². The van der Waals surface area contributed by atoms with Gasteiger partial charge >= 0.3 is 0 Å². The molecule has 0 atom stereocenters. The van der Waals surface area contributed by atoms with Crippen molar-refractivity contribution in [2.24, 2.45) is 5.73 Å². The standard InChI is InChI=1S/C11H12ClNO/c12-8-10-5-2-1-4-9(10)6-3-7-11(13)14/h1-6H,7-8H2,(H2,13,14). The fourth-order valence-corrected chi connectivity index (χ4v) is 1.36. The van der Waals surface area contributed by atoms with Gasteiger partial charge in [0.05, 0.1) is 0 Å². The molecule has 2 nitrogen and oxygen atoms in total. The van der Waals surface area contributed by atoms with Crippen LogP contribution in [0.3, 0.4) is 0 Å². The molecule has 0 saturated carbocycles. The number of rotatable bonds is 4. The predicted molar refractivity (Wildman–Crippen MR) is 58.8 cm³/mol. The summed E-state index contributed by atoms with van der Waals surface area (Å²) in [7, 11) is 0. The van der Waals surface area contributed by atoms with Crippen molar-refractivity contribution in [2.45, 2.75) is 12.3 Å². The molecule has 0 saturated heterocycles. The van der Waals surface area contributed by atoms with E-state index in [9.17, 15) is 4.79 Å². The van der Waals surface area contributed by atoms with Crippen molar-refractivity contribution in [2.75, 3.05) is 0 Å². The van der Waals surface area contributed by atoms with Crippen LogP contribution in [-0.4, -0.2) is 5.91 Å². The molecule has 3 heteroatoms. The number of nitrogens with two attached hydrogens (primary N) is 1. The third-order valence-corrected chi connectivity index (χ3v) is 2.10. The molecule has 1 aromatic rings. The Hall–Kier alpha value is -1.28. The van der Waals surface area contributed by atoms with Gasteiger partial charge in [-0.3, -0.25) is 4.79 Å². The molecule has 0 heterocycles. The van der Waals surface area contributed by atoms with Gasteiger partial charge in [0.2, 0.25) is 5.91 Å². The summed E-state index contributed by atoms with van der Waals surface area (Å²) in [5.41, 5.74) is 7.09. The molecule has 1 amide bonds. The van der Waals surface area contributed by atoms with E-state index < -0.39 is 0 Å². The molecule has 0 aliphatic carbocycles. The average molecular weight is 210 g/mol. The predicted octanol–water partition coefficient (Wildman–Crippen LogP) is 2.31. The maximum Gasteiger partial charge on any atom is 0.221 e. The fourth-order valence-electron chi connectivity index (χ4n) is 1.12. The lowest BCUT2D eigenvalue weighted by molar-refractivity contribution is -0.117. The van der Waals surface area contributed by atoms with E-state index in [1.54, 1.807) is 6.08 Å². The summed E-state index contributed by atoms with van der Waals surface area (Å²) in [6.07, 6.45) is 3.87. The lowest BCUT2D eigenvalue weighted by Gasteiger charge is -2.00. The van der Waals surface area contributed by atoms with Gasteiger partial charge in [-0.15, -0.1) is 11.6 Å². The number of amides is 1. The van der Waals surface area contributed by atoms with Crippen LogP contribution in [0.15, 0.2) is 30.3 Å². The van der Waals surface area contributed by atoms with Crippen LogP contribution in [0.4, 0.5) is 0 Å². The first-order chi connectivity index (χ1) is 6.74. The van der Waals surface area contributed by atoms with Gasteiger partial charge in [-0.2, -0.15) is 0 Å². The van der Waals surface area contributed by atoms with E-state index in [1.165, 1.54) is 0 Å². The van der Waals surface area contributed by atoms with E-state index in [1.807, 2.05) is 30.3 Å². The third-order valence-electron chi connectivity index (χ3n) is 1.82. The van der Waals surface area contributed by atoms with Gasteiger partial charge in [0.15, 0.2) is 0 Å². The molecule has 0 fully saturated rings. The fraction of sp³-hybridized carbons (Fsp3) is 0.182. The van der Waals surface area contributed by atoms with E-state index in [4.69, 9.17) is 17.3 Å². The number of benzene rings is 1. The number of alkyl halides is 1. The minimum atomic E-state index is -0.329. The van der Waals surface area contributed by atoms with Crippen LogP contribution in [0.25, 0.3) is 6.08 Å². The molecule has 1 aromatic carbocycles. The zero-order chi connectivity index (χ0) is 10.4. The zero-order valence-corrected chi connectivity index (χ0v) is 8.50. The highest BCUT2D eigenvalue weighted by Gasteiger charge is 1.95. The molecule has 0 aromatic heterocycles. The van der Waals surface area contributed by atoms with Crippen molar-refractivity contribution in [3.8, 4) is 0 Å². The second kappa shape index (κ2) is 5.45. The lowest BCUT2D eigenvalue weighted by Crippen LogP contribution is -2.07. The molecule has 0 bridgehead atoms. The van der Waals surface area contributed by atoms with Crippen molar-refractivity contribution >= 4 is 23.6 Å². The normalized spacial score (nSPS) is 10.6. The number of hydrogen-bond donors (Lipinski definition) is 1. The Balaban J connectivity index is 2.75. The molecule has 0 unspecified atom stereocenters. The summed E-state index contributed by atoms with van der Waals surface area (Å²) in [6.45, 7) is 0. The van der Waals surface area contributed by atoms with E-state index in [0.717, 1.165) is 11.1 Å². The minimum Gasteiger partial charge on any atom is -0.369 e. The van der Waals surface area contributed by atoms with Crippen molar-refractivity contribution in [3.05, 3.63) is 41.5 Å². The monoisotopic (exact) mass is 209 g/mol. The summed E-state index contributed by atoms with van der Waals surface area (Å²) in [4.78, 5) is 10.5. The molecular weight excluding hydrogens is 198 g/mol. The number of carbonyl (C=O) groups excluding carboxylic acids is 1. The average Bonchev–Trinajstić information content (AvgIpc) is 2.18. The molecule has 1 rings (SSSR count). The summed E-state index contributed by atoms with van der Waals surface area (Å²) >= 11 is 5.75. The zero-order valence-electron chi connectivity index (χ0n) is 7.74. The van der Waals surface area contributed by atoms with Crippen LogP contribution in [0.2, 0.25) is 0 Å². The van der Waals surface area contributed by atoms with E-state index in [-0.39, 0.29) is 12.3 Å². The number of halogens is 1. The summed E-state index contributed by atoms with van der Waals surface area (Å²) in [5.74, 6) is 0.140. The van der Waals surface area contributed by atoms with Gasteiger partial charge < -0.3 is 5.73 Å². The highest BCUT2D eigenvalue weighted by molar-refractivity contribution is 6.17. The SMILES string of the molecule is NC(=O)CC=Cc1ccccc1CCl. The highest BCUT2D eigenvalue weighted by atomic mass is 35.5. The third kappa shape index (κ3) is 3.23. The van der Waals surface area contributed by atoms with Crippen molar-refractivity contribution in [3.63, 3.8) is 0 Å². The summed E-state index contributed by atoms with van der Waals surface area (Å²) < 4.78 is 0. The van der Waals surface area contributed by atoms with E-state index >= 15 is 0 Å². The van der Waals surface area contributed by atoms with Crippen molar-refractivity contribution in [1.82, 2.24) is 0 Å². The van der Waals surface area contributed by atoms with Crippen molar-refractivity contribution in [1.29, 1.82) is 0 Å². The molecule has 2 N–H and O–H groups in total. The molecule has 74 valence electrons. The summed E-state index contributed by atoms with van der Waals surface area (Å²) in [5, 5.41) is 0. The quantitative estimate of drug-likeness (QED) is 0.760. The van der Waals surface area contributed by atoms with Gasteiger partial charge in [0.1, 0.15) is 0 Å². The van der Waals surface area contributed by atoms with Gasteiger partial charge in [-0.1, -0.05) is 36.4 Å². The Morgan fingerprint density at radius 1 is 1.43 bits per heavy atom. The molecule has 0 radical (unpaired) electrons. The van der Waals surface area contributed by atoms with Crippen LogP contribution in [0.1, 0.15) is 17.5 Å². The van der Waals surface area contributed by atoms with Gasteiger partial charge in [0, 0.05) is 12.3 Å². The molecular formula is C11H12ClNO. The smallest absolute Gasteiger partial charge is 0.221 e. The number of primary amides is 1. The first kappa shape index (κ1) is 10.8. The van der Waals surface area contributed by atoms with E-state index in [2.05, 4.69) is 0 Å². The number of hydrogen-bond acceptors (Lipinski definition) is 1. The Morgan fingerprint density at radius 2 is 2.14 bits per heavy atom. The van der Waals surface area contributed by atoms with Gasteiger partial charge in [0.25, 0.3) is 0 Å². The van der Waals surface area contributed by atoms with E-state index in [0.29, 0.717) is 5.88 Å². The van der Waals surface area contributed by atoms with Gasteiger partial charge in [-0.25, -0.2) is 0 Å². The first-order valence-electron chi connectivity index (χ1n) is 4.32. The Morgan fingerprint density at radius 3 is 2.79 bits per heavy atom. The Bertz CT molecular complexity index is 347. The maximum atomic E-state index is 10.5. The largest absolute Gasteiger partial charge is 0.369 e. The highest BCUT2D eigenvalue weighted by Crippen LogP contribution is 2.13. The van der Waals surface area contributed by atoms with Crippen LogP contribution in [0.5, 0.6) is 0 Å². The Labute approximate surface area is 88.4 Å².